The number of nitrogens with zero attached hydrogens (tertiary/aromatic N) is 1. The van der Waals surface area contributed by atoms with Gasteiger partial charge in [0.05, 0.1) is 13.2 Å². The minimum absolute atomic E-state index is 0.203. The first kappa shape index (κ1) is 20.1. The van der Waals surface area contributed by atoms with Gasteiger partial charge in [-0.15, -0.1) is 11.3 Å². The molecule has 1 aliphatic rings. The molecule has 6 nitrogen and oxygen atoms in total. The maximum Gasteiger partial charge on any atom is 0.345 e. The number of amides is 1. The Labute approximate surface area is 178 Å². The second-order valence-corrected chi connectivity index (χ2v) is 8.18. The van der Waals surface area contributed by atoms with Gasteiger partial charge >= 0.3 is 5.97 Å². The van der Waals surface area contributed by atoms with Crippen LogP contribution in [0, 0.1) is 6.92 Å². The van der Waals surface area contributed by atoms with Crippen molar-refractivity contribution in [1.29, 1.82) is 0 Å². The summed E-state index contributed by atoms with van der Waals surface area (Å²) in [7, 11) is 0. The Kier molecular flexibility index (Phi) is 5.83. The second kappa shape index (κ2) is 8.69. The van der Waals surface area contributed by atoms with Gasteiger partial charge in [-0.05, 0) is 66.6 Å². The molecule has 1 fully saturated rings. The molecule has 0 unspecified atom stereocenters. The van der Waals surface area contributed by atoms with Gasteiger partial charge in [-0.25, -0.2) is 4.79 Å². The van der Waals surface area contributed by atoms with Gasteiger partial charge in [0.2, 0.25) is 0 Å². The van der Waals surface area contributed by atoms with Crippen LogP contribution in [0.4, 0.5) is 11.4 Å². The topological polar surface area (TPSA) is 78.9 Å². The molecule has 0 spiro atoms. The molecular formula is C23H22N2O4S. The van der Waals surface area contributed by atoms with Gasteiger partial charge in [0.1, 0.15) is 4.88 Å². The molecule has 1 saturated heterocycles. The largest absolute Gasteiger partial charge is 0.477 e. The van der Waals surface area contributed by atoms with Gasteiger partial charge in [-0.2, -0.15) is 0 Å². The zero-order valence-corrected chi connectivity index (χ0v) is 17.4. The number of anilines is 2. The minimum Gasteiger partial charge on any atom is -0.477 e. The number of rotatable bonds is 5. The number of morpholine rings is 1. The molecule has 0 radical (unpaired) electrons. The summed E-state index contributed by atoms with van der Waals surface area (Å²) in [6, 6.07) is 16.6. The summed E-state index contributed by atoms with van der Waals surface area (Å²) in [4.78, 5) is 27.3. The van der Waals surface area contributed by atoms with E-state index in [0.29, 0.717) is 5.56 Å². The van der Waals surface area contributed by atoms with E-state index in [9.17, 15) is 9.59 Å². The molecule has 0 aliphatic carbocycles. The van der Waals surface area contributed by atoms with E-state index >= 15 is 0 Å². The number of thiophene rings is 1. The lowest BCUT2D eigenvalue weighted by Gasteiger charge is -2.28. The molecule has 0 atom stereocenters. The van der Waals surface area contributed by atoms with E-state index in [1.807, 2.05) is 43.3 Å². The summed E-state index contributed by atoms with van der Waals surface area (Å²) in [6.07, 6.45) is 0. The highest BCUT2D eigenvalue weighted by Gasteiger charge is 2.14. The third-order valence-corrected chi connectivity index (χ3v) is 6.19. The summed E-state index contributed by atoms with van der Waals surface area (Å²) >= 11 is 1.20. The summed E-state index contributed by atoms with van der Waals surface area (Å²) in [5, 5.41) is 12.1. The number of carboxylic acid groups (broad SMARTS) is 1. The number of hydrogen-bond donors (Lipinski definition) is 2. The maximum absolute atomic E-state index is 12.8. The number of aryl methyl sites for hydroxylation is 1. The molecule has 154 valence electrons. The quantitative estimate of drug-likeness (QED) is 0.632. The van der Waals surface area contributed by atoms with E-state index in [1.165, 1.54) is 11.3 Å². The molecule has 1 amide bonds. The van der Waals surface area contributed by atoms with Crippen LogP contribution in [0.2, 0.25) is 0 Å². The highest BCUT2D eigenvalue weighted by Crippen LogP contribution is 2.31. The van der Waals surface area contributed by atoms with Crippen molar-refractivity contribution in [2.24, 2.45) is 0 Å². The zero-order valence-electron chi connectivity index (χ0n) is 16.6. The summed E-state index contributed by atoms with van der Waals surface area (Å²) in [5.74, 6) is -1.15. The number of nitrogens with one attached hydrogen (secondary N) is 1. The van der Waals surface area contributed by atoms with Crippen LogP contribution in [0.15, 0.2) is 54.6 Å². The van der Waals surface area contributed by atoms with Gasteiger partial charge in [-0.3, -0.25) is 4.79 Å². The lowest BCUT2D eigenvalue weighted by atomic mass is 10.0. The number of carbonyl (C=O) groups excluding carboxylic acids is 1. The Morgan fingerprint density at radius 3 is 2.43 bits per heavy atom. The molecule has 3 aromatic rings. The first-order chi connectivity index (χ1) is 14.5. The highest BCUT2D eigenvalue weighted by molar-refractivity contribution is 7.17. The number of aromatic carboxylic acids is 1. The molecule has 30 heavy (non-hydrogen) atoms. The van der Waals surface area contributed by atoms with Crippen molar-refractivity contribution in [2.75, 3.05) is 36.5 Å². The van der Waals surface area contributed by atoms with Crippen LogP contribution in [0.1, 0.15) is 25.6 Å². The summed E-state index contributed by atoms with van der Waals surface area (Å²) in [5.41, 5.74) is 4.21. The number of hydrogen-bond acceptors (Lipinski definition) is 5. The Morgan fingerprint density at radius 1 is 1.03 bits per heavy atom. The third-order valence-electron chi connectivity index (χ3n) is 5.08. The lowest BCUT2D eigenvalue weighted by molar-refractivity contribution is 0.0702. The molecule has 2 heterocycles. The fraction of sp³-hybridized carbons (Fsp3) is 0.217. The third kappa shape index (κ3) is 4.37. The van der Waals surface area contributed by atoms with E-state index < -0.39 is 5.97 Å². The number of ether oxygens (including phenoxy) is 1. The number of benzene rings is 2. The first-order valence-corrected chi connectivity index (χ1v) is 10.5. The number of carbonyl (C=O) groups is 2. The molecule has 7 heteroatoms. The van der Waals surface area contributed by atoms with Crippen molar-refractivity contribution >= 4 is 34.6 Å². The monoisotopic (exact) mass is 422 g/mol. The van der Waals surface area contributed by atoms with Crippen molar-refractivity contribution in [3.63, 3.8) is 0 Å². The van der Waals surface area contributed by atoms with Crippen molar-refractivity contribution < 1.29 is 19.4 Å². The van der Waals surface area contributed by atoms with Gasteiger partial charge < -0.3 is 20.1 Å². The van der Waals surface area contributed by atoms with E-state index in [4.69, 9.17) is 9.84 Å². The van der Waals surface area contributed by atoms with Crippen LogP contribution in [0.5, 0.6) is 0 Å². The molecule has 2 N–H and O–H groups in total. The fourth-order valence-corrected chi connectivity index (χ4v) is 4.33. The SMILES string of the molecule is Cc1ccc(C(=O)Nc2ccc(N3CCOCC3)cc2)cc1-c1ccc(C(=O)O)s1. The van der Waals surface area contributed by atoms with Crippen molar-refractivity contribution in [3.8, 4) is 10.4 Å². The second-order valence-electron chi connectivity index (χ2n) is 7.10. The average Bonchev–Trinajstić information content (AvgIpc) is 3.26. The number of carboxylic acids is 1. The van der Waals surface area contributed by atoms with Crippen LogP contribution >= 0.6 is 11.3 Å². The molecule has 0 bridgehead atoms. The van der Waals surface area contributed by atoms with Gasteiger partial charge in [-0.1, -0.05) is 6.07 Å². The fourth-order valence-electron chi connectivity index (χ4n) is 3.41. The van der Waals surface area contributed by atoms with Crippen LogP contribution in [0.3, 0.4) is 0 Å². The maximum atomic E-state index is 12.8. The van der Waals surface area contributed by atoms with Crippen molar-refractivity contribution in [1.82, 2.24) is 0 Å². The van der Waals surface area contributed by atoms with Gasteiger partial charge in [0, 0.05) is 34.9 Å². The highest BCUT2D eigenvalue weighted by atomic mass is 32.1. The average molecular weight is 423 g/mol. The van der Waals surface area contributed by atoms with Crippen LogP contribution in [-0.4, -0.2) is 43.3 Å². The normalized spacial score (nSPS) is 13.8. The Bertz CT molecular complexity index is 1070. The van der Waals surface area contributed by atoms with E-state index in [-0.39, 0.29) is 10.8 Å². The Balaban J connectivity index is 1.50. The summed E-state index contributed by atoms with van der Waals surface area (Å²) < 4.78 is 5.38. The van der Waals surface area contributed by atoms with Crippen LogP contribution in [-0.2, 0) is 4.74 Å². The minimum atomic E-state index is -0.946. The molecule has 0 saturated carbocycles. The molecule has 2 aromatic carbocycles. The smallest absolute Gasteiger partial charge is 0.345 e. The Hall–Kier alpha value is -3.16. The predicted octanol–water partition coefficient (Wildman–Crippen LogP) is 4.51. The van der Waals surface area contributed by atoms with Gasteiger partial charge in [0.25, 0.3) is 5.91 Å². The Morgan fingerprint density at radius 2 is 1.77 bits per heavy atom. The van der Waals surface area contributed by atoms with E-state index in [1.54, 1.807) is 18.2 Å². The molecule has 4 rings (SSSR count). The first-order valence-electron chi connectivity index (χ1n) is 9.69. The zero-order chi connectivity index (χ0) is 21.1. The van der Waals surface area contributed by atoms with E-state index in [0.717, 1.165) is 53.7 Å². The lowest BCUT2D eigenvalue weighted by Crippen LogP contribution is -2.36. The van der Waals surface area contributed by atoms with Gasteiger partial charge in [0.15, 0.2) is 0 Å². The van der Waals surface area contributed by atoms with Crippen LogP contribution in [0.25, 0.3) is 10.4 Å². The predicted molar refractivity (Wildman–Crippen MR) is 119 cm³/mol. The molecule has 1 aliphatic heterocycles. The molecule has 1 aromatic heterocycles. The standard InChI is InChI=1S/C23H22N2O4S/c1-15-2-3-16(14-19(15)20-8-9-21(30-20)23(27)28)22(26)24-17-4-6-18(7-5-17)25-10-12-29-13-11-25/h2-9,14H,10-13H2,1H3,(H,24,26)(H,27,28). The molecular weight excluding hydrogens is 400 g/mol. The van der Waals surface area contributed by atoms with E-state index in [2.05, 4.69) is 10.2 Å². The van der Waals surface area contributed by atoms with Crippen molar-refractivity contribution in [2.45, 2.75) is 6.92 Å². The summed E-state index contributed by atoms with van der Waals surface area (Å²) in [6.45, 7) is 5.13. The van der Waals surface area contributed by atoms with Crippen molar-refractivity contribution in [3.05, 3.63) is 70.6 Å². The van der Waals surface area contributed by atoms with Crippen LogP contribution < -0.4 is 10.2 Å².